The fraction of sp³-hybridized carbons (Fsp3) is 0.118. The van der Waals surface area contributed by atoms with Crippen LogP contribution in [0.2, 0.25) is 0 Å². The van der Waals surface area contributed by atoms with Gasteiger partial charge in [0.25, 0.3) is 0 Å². The molecule has 0 radical (unpaired) electrons. The van der Waals surface area contributed by atoms with E-state index in [4.69, 9.17) is 4.74 Å². The second kappa shape index (κ2) is 5.66. The molecule has 0 atom stereocenters. The number of imidazole rings is 1. The minimum absolute atomic E-state index is 0.141. The van der Waals surface area contributed by atoms with E-state index in [1.807, 2.05) is 18.2 Å². The Kier molecular flexibility index (Phi) is 3.45. The van der Waals surface area contributed by atoms with Crippen molar-refractivity contribution in [3.8, 4) is 22.8 Å². The summed E-state index contributed by atoms with van der Waals surface area (Å²) in [6, 6.07) is 8.05. The van der Waals surface area contributed by atoms with E-state index in [0.29, 0.717) is 11.3 Å². The average Bonchev–Trinajstić information content (AvgIpc) is 3.22. The summed E-state index contributed by atoms with van der Waals surface area (Å²) >= 11 is 0. The van der Waals surface area contributed by atoms with Crippen molar-refractivity contribution in [3.63, 3.8) is 0 Å². The Balaban J connectivity index is 1.88. The monoisotopic (exact) mass is 341 g/mol. The molecule has 0 fully saturated rings. The van der Waals surface area contributed by atoms with Gasteiger partial charge in [-0.25, -0.2) is 18.4 Å². The van der Waals surface area contributed by atoms with Gasteiger partial charge in [0.1, 0.15) is 11.3 Å². The largest absolute Gasteiger partial charge is 0.491 e. The highest BCUT2D eigenvalue weighted by Gasteiger charge is 2.19. The third kappa shape index (κ3) is 2.34. The SMILES string of the molecule is COc1c(F)ccc(-c2nccn2-c2ccc3c(c2)nnn3C)c1F. The Morgan fingerprint density at radius 2 is 1.96 bits per heavy atom. The molecule has 126 valence electrons. The minimum Gasteiger partial charge on any atom is -0.491 e. The maximum Gasteiger partial charge on any atom is 0.191 e. The van der Waals surface area contributed by atoms with Gasteiger partial charge in [-0.05, 0) is 30.3 Å². The van der Waals surface area contributed by atoms with Crippen LogP contribution in [-0.4, -0.2) is 31.7 Å². The van der Waals surface area contributed by atoms with Crippen LogP contribution in [0.4, 0.5) is 8.78 Å². The average molecular weight is 341 g/mol. The molecule has 0 bridgehead atoms. The molecule has 0 N–H and O–H groups in total. The number of methoxy groups -OCH3 is 1. The Hall–Kier alpha value is -3.29. The van der Waals surface area contributed by atoms with E-state index in [1.165, 1.54) is 13.2 Å². The highest BCUT2D eigenvalue weighted by Crippen LogP contribution is 2.32. The number of fused-ring (bicyclic) bond motifs is 1. The van der Waals surface area contributed by atoms with Gasteiger partial charge in [-0.2, -0.15) is 0 Å². The smallest absolute Gasteiger partial charge is 0.191 e. The third-order valence-corrected chi connectivity index (χ3v) is 4.01. The standard InChI is InChI=1S/C17H13F2N5O/c1-23-14-6-3-10(9-13(14)21-22-23)24-8-7-20-17(24)11-4-5-12(18)16(25-2)15(11)19/h3-9H,1-2H3. The summed E-state index contributed by atoms with van der Waals surface area (Å²) < 4.78 is 36.4. The molecule has 0 aliphatic carbocycles. The Bertz CT molecular complexity index is 1090. The second-order valence-electron chi connectivity index (χ2n) is 5.45. The molecule has 2 aromatic carbocycles. The van der Waals surface area contributed by atoms with Gasteiger partial charge in [0.2, 0.25) is 0 Å². The van der Waals surface area contributed by atoms with Gasteiger partial charge in [0.05, 0.1) is 18.2 Å². The highest BCUT2D eigenvalue weighted by atomic mass is 19.1. The van der Waals surface area contributed by atoms with E-state index in [-0.39, 0.29) is 5.56 Å². The fourth-order valence-corrected chi connectivity index (χ4v) is 2.78. The van der Waals surface area contributed by atoms with E-state index in [9.17, 15) is 8.78 Å². The van der Waals surface area contributed by atoms with Gasteiger partial charge in [-0.1, -0.05) is 5.21 Å². The molecule has 0 spiro atoms. The summed E-state index contributed by atoms with van der Waals surface area (Å²) in [4.78, 5) is 4.22. The number of ether oxygens (including phenoxy) is 1. The topological polar surface area (TPSA) is 57.8 Å². The van der Waals surface area contributed by atoms with E-state index >= 15 is 0 Å². The fourth-order valence-electron chi connectivity index (χ4n) is 2.78. The molecule has 2 aromatic heterocycles. The summed E-state index contributed by atoms with van der Waals surface area (Å²) in [7, 11) is 3.03. The lowest BCUT2D eigenvalue weighted by Crippen LogP contribution is -2.01. The number of aromatic nitrogens is 5. The quantitative estimate of drug-likeness (QED) is 0.574. The van der Waals surface area contributed by atoms with Crippen LogP contribution < -0.4 is 4.74 Å². The number of hydrogen-bond acceptors (Lipinski definition) is 4. The van der Waals surface area contributed by atoms with Gasteiger partial charge >= 0.3 is 0 Å². The Morgan fingerprint density at radius 1 is 1.12 bits per heavy atom. The molecule has 4 rings (SSSR count). The molecule has 4 aromatic rings. The molecule has 0 saturated carbocycles. The van der Waals surface area contributed by atoms with Crippen molar-refractivity contribution in [1.82, 2.24) is 24.5 Å². The zero-order chi connectivity index (χ0) is 17.6. The summed E-state index contributed by atoms with van der Waals surface area (Å²) in [5, 5.41) is 8.05. The first-order valence-corrected chi connectivity index (χ1v) is 7.45. The van der Waals surface area contributed by atoms with Crippen LogP contribution in [0, 0.1) is 11.6 Å². The van der Waals surface area contributed by atoms with E-state index < -0.39 is 17.4 Å². The summed E-state index contributed by atoms with van der Waals surface area (Å²) in [6.07, 6.45) is 3.24. The molecule has 0 amide bonds. The second-order valence-corrected chi connectivity index (χ2v) is 5.45. The normalized spacial score (nSPS) is 11.2. The number of halogens is 2. The van der Waals surface area contributed by atoms with Gasteiger partial charge in [0.15, 0.2) is 17.4 Å². The molecule has 0 aliphatic heterocycles. The van der Waals surface area contributed by atoms with Crippen molar-refractivity contribution >= 4 is 11.0 Å². The molecule has 0 aliphatic rings. The van der Waals surface area contributed by atoms with Gasteiger partial charge in [-0.15, -0.1) is 5.10 Å². The van der Waals surface area contributed by atoms with Crippen molar-refractivity contribution in [2.45, 2.75) is 0 Å². The zero-order valence-electron chi connectivity index (χ0n) is 13.4. The maximum absolute atomic E-state index is 14.6. The molecular weight excluding hydrogens is 328 g/mol. The van der Waals surface area contributed by atoms with E-state index in [0.717, 1.165) is 17.3 Å². The first kappa shape index (κ1) is 15.3. The minimum atomic E-state index is -0.796. The lowest BCUT2D eigenvalue weighted by Gasteiger charge is -2.11. The van der Waals surface area contributed by atoms with Crippen LogP contribution in [0.1, 0.15) is 0 Å². The lowest BCUT2D eigenvalue weighted by atomic mass is 10.1. The third-order valence-electron chi connectivity index (χ3n) is 4.01. The molecule has 0 unspecified atom stereocenters. The van der Waals surface area contributed by atoms with Crippen LogP contribution in [0.25, 0.3) is 28.1 Å². The van der Waals surface area contributed by atoms with Gasteiger partial charge in [-0.3, -0.25) is 4.57 Å². The summed E-state index contributed by atoms with van der Waals surface area (Å²) in [5.74, 6) is -1.66. The van der Waals surface area contributed by atoms with Gasteiger partial charge in [0, 0.05) is 25.1 Å². The summed E-state index contributed by atoms with van der Waals surface area (Å²) in [6.45, 7) is 0. The molecule has 0 saturated heterocycles. The summed E-state index contributed by atoms with van der Waals surface area (Å²) in [5.41, 5.74) is 2.46. The number of hydrogen-bond donors (Lipinski definition) is 0. The molecule has 6 nitrogen and oxygen atoms in total. The van der Waals surface area contributed by atoms with Crippen molar-refractivity contribution in [1.29, 1.82) is 0 Å². The lowest BCUT2D eigenvalue weighted by molar-refractivity contribution is 0.360. The van der Waals surface area contributed by atoms with E-state index in [2.05, 4.69) is 15.3 Å². The number of nitrogens with zero attached hydrogens (tertiary/aromatic N) is 5. The predicted octanol–water partition coefficient (Wildman–Crippen LogP) is 3.11. The van der Waals surface area contributed by atoms with Crippen LogP contribution >= 0.6 is 0 Å². The van der Waals surface area contributed by atoms with Crippen LogP contribution in [0.15, 0.2) is 42.7 Å². The van der Waals surface area contributed by atoms with Crippen molar-refractivity contribution in [3.05, 3.63) is 54.4 Å². The van der Waals surface area contributed by atoms with E-state index in [1.54, 1.807) is 28.7 Å². The van der Waals surface area contributed by atoms with Crippen molar-refractivity contribution in [2.24, 2.45) is 7.05 Å². The predicted molar refractivity (Wildman–Crippen MR) is 87.5 cm³/mol. The van der Waals surface area contributed by atoms with Crippen molar-refractivity contribution < 1.29 is 13.5 Å². The molecule has 25 heavy (non-hydrogen) atoms. The molecular formula is C17H13F2N5O. The first-order chi connectivity index (χ1) is 12.1. The molecule has 2 heterocycles. The zero-order valence-corrected chi connectivity index (χ0v) is 13.4. The Labute approximate surface area is 141 Å². The molecule has 8 heteroatoms. The van der Waals surface area contributed by atoms with Crippen LogP contribution in [0.3, 0.4) is 0 Å². The number of aryl methyl sites for hydroxylation is 1. The van der Waals surface area contributed by atoms with Gasteiger partial charge < -0.3 is 4.74 Å². The highest BCUT2D eigenvalue weighted by molar-refractivity contribution is 5.77. The number of rotatable bonds is 3. The van der Waals surface area contributed by atoms with Crippen LogP contribution in [0.5, 0.6) is 5.75 Å². The Morgan fingerprint density at radius 3 is 2.76 bits per heavy atom. The number of benzene rings is 2. The van der Waals surface area contributed by atoms with Crippen LogP contribution in [-0.2, 0) is 7.05 Å². The maximum atomic E-state index is 14.6. The first-order valence-electron chi connectivity index (χ1n) is 7.45. The van der Waals surface area contributed by atoms with Crippen molar-refractivity contribution in [2.75, 3.05) is 7.11 Å².